The third kappa shape index (κ3) is 2.04. The number of fused-ring (bicyclic) bond motifs is 1. The summed E-state index contributed by atoms with van der Waals surface area (Å²) >= 11 is 0. The first-order valence-corrected chi connectivity index (χ1v) is 6.07. The van der Waals surface area contributed by atoms with Crippen molar-refractivity contribution in [3.05, 3.63) is 35.4 Å². The van der Waals surface area contributed by atoms with Crippen LogP contribution in [0.1, 0.15) is 17.2 Å². The van der Waals surface area contributed by atoms with Crippen molar-refractivity contribution in [3.63, 3.8) is 0 Å². The van der Waals surface area contributed by atoms with E-state index in [0.717, 1.165) is 0 Å². The van der Waals surface area contributed by atoms with Gasteiger partial charge >= 0.3 is 0 Å². The van der Waals surface area contributed by atoms with Crippen molar-refractivity contribution >= 4 is 0 Å². The number of alkyl halides is 2. The number of rotatable bonds is 1. The quantitative estimate of drug-likeness (QED) is 0.800. The van der Waals surface area contributed by atoms with Crippen LogP contribution in [0.5, 0.6) is 0 Å². The molecule has 2 N–H and O–H groups in total. The van der Waals surface area contributed by atoms with Crippen LogP contribution < -0.4 is 0 Å². The van der Waals surface area contributed by atoms with Gasteiger partial charge in [-0.1, -0.05) is 24.3 Å². The first-order valence-electron chi connectivity index (χ1n) is 6.07. The third-order valence-corrected chi connectivity index (χ3v) is 3.59. The van der Waals surface area contributed by atoms with Crippen molar-refractivity contribution in [3.8, 4) is 0 Å². The molecule has 2 aliphatic rings. The molecule has 0 amide bonds. The van der Waals surface area contributed by atoms with Gasteiger partial charge < -0.3 is 19.7 Å². The zero-order valence-corrected chi connectivity index (χ0v) is 10.00. The van der Waals surface area contributed by atoms with E-state index in [4.69, 9.17) is 9.47 Å². The number of hydrogen-bond donors (Lipinski definition) is 2. The minimum absolute atomic E-state index is 0.0236. The van der Waals surface area contributed by atoms with Crippen LogP contribution in [0, 0.1) is 0 Å². The Morgan fingerprint density at radius 1 is 1.16 bits per heavy atom. The molecule has 2 heterocycles. The number of ether oxygens (including phenoxy) is 2. The molecule has 0 saturated carbocycles. The zero-order valence-electron chi connectivity index (χ0n) is 10.00. The Hall–Kier alpha value is -1.08. The molecular formula is C13H14F2O4. The topological polar surface area (TPSA) is 58.9 Å². The SMILES string of the molecule is OC1COC(C2OCC(F)(F)c3ccccc32)C1O. The largest absolute Gasteiger partial charge is 0.388 e. The molecule has 4 nitrogen and oxygen atoms in total. The van der Waals surface area contributed by atoms with Gasteiger partial charge in [0.15, 0.2) is 0 Å². The van der Waals surface area contributed by atoms with Crippen LogP contribution in [0.15, 0.2) is 24.3 Å². The Labute approximate surface area is 108 Å². The number of halogens is 2. The van der Waals surface area contributed by atoms with Gasteiger partial charge in [-0.3, -0.25) is 0 Å². The van der Waals surface area contributed by atoms with E-state index in [1.807, 2.05) is 0 Å². The number of hydrogen-bond acceptors (Lipinski definition) is 4. The van der Waals surface area contributed by atoms with Crippen molar-refractivity contribution in [2.75, 3.05) is 13.2 Å². The molecule has 1 aromatic carbocycles. The summed E-state index contributed by atoms with van der Waals surface area (Å²) in [5.74, 6) is -3.05. The second-order valence-electron chi connectivity index (χ2n) is 4.88. The highest BCUT2D eigenvalue weighted by Crippen LogP contribution is 2.43. The lowest BCUT2D eigenvalue weighted by atomic mass is 9.90. The van der Waals surface area contributed by atoms with Crippen LogP contribution in [0.4, 0.5) is 8.78 Å². The smallest absolute Gasteiger partial charge is 0.296 e. The van der Waals surface area contributed by atoms with Gasteiger partial charge in [-0.25, -0.2) is 0 Å². The summed E-state index contributed by atoms with van der Waals surface area (Å²) in [6.07, 6.45) is -3.76. The Morgan fingerprint density at radius 3 is 2.58 bits per heavy atom. The minimum atomic E-state index is -3.05. The van der Waals surface area contributed by atoms with Gasteiger partial charge in [0.1, 0.15) is 31.0 Å². The van der Waals surface area contributed by atoms with Crippen LogP contribution in [0.2, 0.25) is 0 Å². The Balaban J connectivity index is 1.97. The summed E-state index contributed by atoms with van der Waals surface area (Å²) in [5.41, 5.74) is 0.195. The van der Waals surface area contributed by atoms with Crippen molar-refractivity contribution in [2.24, 2.45) is 0 Å². The molecule has 1 saturated heterocycles. The van der Waals surface area contributed by atoms with Crippen molar-refractivity contribution in [2.45, 2.75) is 30.3 Å². The molecule has 0 bridgehead atoms. The van der Waals surface area contributed by atoms with E-state index in [-0.39, 0.29) is 12.2 Å². The van der Waals surface area contributed by atoms with Gasteiger partial charge in [-0.15, -0.1) is 0 Å². The van der Waals surface area contributed by atoms with Gasteiger partial charge in [0.2, 0.25) is 0 Å². The highest BCUT2D eigenvalue weighted by Gasteiger charge is 2.48. The van der Waals surface area contributed by atoms with E-state index in [9.17, 15) is 19.0 Å². The fourth-order valence-corrected chi connectivity index (χ4v) is 2.60. The summed E-state index contributed by atoms with van der Waals surface area (Å²) in [6.45, 7) is -0.776. The molecule has 1 fully saturated rings. The van der Waals surface area contributed by atoms with E-state index < -0.39 is 36.9 Å². The summed E-state index contributed by atoms with van der Waals surface area (Å²) in [7, 11) is 0. The minimum Gasteiger partial charge on any atom is -0.388 e. The van der Waals surface area contributed by atoms with Crippen LogP contribution in [0.25, 0.3) is 0 Å². The molecule has 0 aromatic heterocycles. The summed E-state index contributed by atoms with van der Waals surface area (Å²) in [4.78, 5) is 0. The summed E-state index contributed by atoms with van der Waals surface area (Å²) in [5, 5.41) is 19.3. The van der Waals surface area contributed by atoms with Crippen LogP contribution in [-0.4, -0.2) is 41.7 Å². The molecular weight excluding hydrogens is 258 g/mol. The van der Waals surface area contributed by atoms with Crippen LogP contribution in [0.3, 0.4) is 0 Å². The molecule has 19 heavy (non-hydrogen) atoms. The summed E-state index contributed by atoms with van der Waals surface area (Å²) < 4.78 is 38.0. The zero-order chi connectivity index (χ0) is 13.6. The van der Waals surface area contributed by atoms with Gasteiger partial charge in [0.05, 0.1) is 6.61 Å². The highest BCUT2D eigenvalue weighted by molar-refractivity contribution is 5.35. The maximum absolute atomic E-state index is 13.8. The number of benzene rings is 1. The molecule has 3 rings (SSSR count). The highest BCUT2D eigenvalue weighted by atomic mass is 19.3. The first-order chi connectivity index (χ1) is 9.00. The van der Waals surface area contributed by atoms with E-state index in [2.05, 4.69) is 0 Å². The Kier molecular flexibility index (Phi) is 3.05. The van der Waals surface area contributed by atoms with Crippen molar-refractivity contribution < 1.29 is 28.5 Å². The second-order valence-corrected chi connectivity index (χ2v) is 4.88. The van der Waals surface area contributed by atoms with Gasteiger partial charge in [0, 0.05) is 5.56 Å². The average Bonchev–Trinajstić information content (AvgIpc) is 2.71. The lowest BCUT2D eigenvalue weighted by Gasteiger charge is -2.35. The molecule has 0 radical (unpaired) electrons. The first kappa shape index (κ1) is 12.9. The standard InChI is InChI=1S/C13H14F2O4/c14-13(15)6-19-11(7-3-1-2-4-8(7)13)12-10(17)9(16)5-18-12/h1-4,9-12,16-17H,5-6H2. The second kappa shape index (κ2) is 4.49. The van der Waals surface area contributed by atoms with E-state index in [1.165, 1.54) is 18.2 Å². The molecule has 104 valence electrons. The maximum atomic E-state index is 13.8. The van der Waals surface area contributed by atoms with Crippen molar-refractivity contribution in [1.29, 1.82) is 0 Å². The van der Waals surface area contributed by atoms with E-state index >= 15 is 0 Å². The summed E-state index contributed by atoms with van der Waals surface area (Å²) in [6, 6.07) is 6.06. The molecule has 4 atom stereocenters. The Bertz CT molecular complexity index is 479. The van der Waals surface area contributed by atoms with E-state index in [0.29, 0.717) is 5.56 Å². The fourth-order valence-electron chi connectivity index (χ4n) is 2.60. The van der Waals surface area contributed by atoms with Gasteiger partial charge in [-0.2, -0.15) is 8.78 Å². The van der Waals surface area contributed by atoms with Crippen LogP contribution >= 0.6 is 0 Å². The fraction of sp³-hybridized carbons (Fsp3) is 0.538. The molecule has 2 aliphatic heterocycles. The average molecular weight is 272 g/mol. The van der Waals surface area contributed by atoms with Gasteiger partial charge in [-0.05, 0) is 5.56 Å². The van der Waals surface area contributed by atoms with Crippen LogP contribution in [-0.2, 0) is 15.4 Å². The molecule has 4 unspecified atom stereocenters. The monoisotopic (exact) mass is 272 g/mol. The maximum Gasteiger partial charge on any atom is 0.296 e. The number of aliphatic hydroxyl groups excluding tert-OH is 2. The van der Waals surface area contributed by atoms with Crippen molar-refractivity contribution in [1.82, 2.24) is 0 Å². The Morgan fingerprint density at radius 2 is 1.89 bits per heavy atom. The third-order valence-electron chi connectivity index (χ3n) is 3.59. The molecule has 0 spiro atoms. The van der Waals surface area contributed by atoms with Gasteiger partial charge in [0.25, 0.3) is 5.92 Å². The predicted molar refractivity (Wildman–Crippen MR) is 60.8 cm³/mol. The molecule has 0 aliphatic carbocycles. The molecule has 1 aromatic rings. The lowest BCUT2D eigenvalue weighted by molar-refractivity contribution is -0.162. The lowest BCUT2D eigenvalue weighted by Crippen LogP contribution is -2.40. The number of aliphatic hydroxyl groups is 2. The normalized spacial score (nSPS) is 37.1. The molecule has 6 heteroatoms. The van der Waals surface area contributed by atoms with E-state index in [1.54, 1.807) is 6.07 Å². The predicted octanol–water partition coefficient (Wildman–Crippen LogP) is 0.970.